The van der Waals surface area contributed by atoms with Crippen LogP contribution in [0.1, 0.15) is 57.8 Å². The highest BCUT2D eigenvalue weighted by Crippen LogP contribution is 2.24. The molecule has 0 aromatic rings. The highest BCUT2D eigenvalue weighted by Gasteiger charge is 2.26. The molecular formula is C15H26ClNO2. The Bertz CT molecular complexity index is 273. The Hall–Kier alpha value is -0.280. The van der Waals surface area contributed by atoms with Gasteiger partial charge in [0, 0.05) is 31.5 Å². The normalized spacial score (nSPS) is 24.6. The first-order valence-corrected chi connectivity index (χ1v) is 8.31. The summed E-state index contributed by atoms with van der Waals surface area (Å²) in [5.41, 5.74) is 0. The second-order valence-corrected chi connectivity index (χ2v) is 6.12. The summed E-state index contributed by atoms with van der Waals surface area (Å²) in [6.45, 7) is 1.57. The number of ether oxygens (including phenoxy) is 1. The van der Waals surface area contributed by atoms with E-state index in [-0.39, 0.29) is 5.91 Å². The molecule has 1 unspecified atom stereocenters. The molecule has 0 bridgehead atoms. The Morgan fingerprint density at radius 1 is 1.16 bits per heavy atom. The summed E-state index contributed by atoms with van der Waals surface area (Å²) < 4.78 is 5.59. The van der Waals surface area contributed by atoms with E-state index in [1.165, 1.54) is 19.3 Å². The van der Waals surface area contributed by atoms with Gasteiger partial charge in [-0.15, -0.1) is 11.6 Å². The molecule has 0 N–H and O–H groups in total. The molecule has 0 spiro atoms. The lowest BCUT2D eigenvalue weighted by Crippen LogP contribution is -2.42. The molecule has 1 heterocycles. The Morgan fingerprint density at radius 2 is 1.95 bits per heavy atom. The molecule has 0 radical (unpaired) electrons. The maximum absolute atomic E-state index is 12.4. The Kier molecular flexibility index (Phi) is 6.45. The molecule has 2 rings (SSSR count). The van der Waals surface area contributed by atoms with Crippen LogP contribution in [0.5, 0.6) is 0 Å². The molecule has 0 aromatic heterocycles. The number of hydrogen-bond acceptors (Lipinski definition) is 2. The van der Waals surface area contributed by atoms with E-state index < -0.39 is 0 Å². The van der Waals surface area contributed by atoms with E-state index >= 15 is 0 Å². The summed E-state index contributed by atoms with van der Waals surface area (Å²) >= 11 is 5.87. The van der Waals surface area contributed by atoms with Gasteiger partial charge in [0.15, 0.2) is 0 Å². The Balaban J connectivity index is 1.80. The molecule has 1 saturated heterocycles. The van der Waals surface area contributed by atoms with Gasteiger partial charge in [0.25, 0.3) is 0 Å². The van der Waals surface area contributed by atoms with Crippen molar-refractivity contribution >= 4 is 17.5 Å². The van der Waals surface area contributed by atoms with Crippen molar-refractivity contribution in [2.75, 3.05) is 19.0 Å². The average molecular weight is 288 g/mol. The summed E-state index contributed by atoms with van der Waals surface area (Å²) in [4.78, 5) is 14.4. The van der Waals surface area contributed by atoms with Gasteiger partial charge < -0.3 is 9.64 Å². The summed E-state index contributed by atoms with van der Waals surface area (Å²) in [6.07, 6.45) is 10.2. The highest BCUT2D eigenvalue weighted by atomic mass is 35.5. The van der Waals surface area contributed by atoms with Crippen molar-refractivity contribution in [3.63, 3.8) is 0 Å². The number of rotatable bonds is 6. The molecule has 4 heteroatoms. The van der Waals surface area contributed by atoms with Gasteiger partial charge in [-0.1, -0.05) is 19.3 Å². The third-order valence-electron chi connectivity index (χ3n) is 4.37. The number of alkyl halides is 1. The van der Waals surface area contributed by atoms with Crippen LogP contribution in [0.3, 0.4) is 0 Å². The van der Waals surface area contributed by atoms with E-state index in [0.717, 1.165) is 38.7 Å². The molecular weight excluding hydrogens is 262 g/mol. The van der Waals surface area contributed by atoms with Crippen molar-refractivity contribution in [2.24, 2.45) is 0 Å². The average Bonchev–Trinajstić information content (AvgIpc) is 2.96. The molecule has 110 valence electrons. The van der Waals surface area contributed by atoms with Crippen molar-refractivity contribution in [1.29, 1.82) is 0 Å². The monoisotopic (exact) mass is 287 g/mol. The fourth-order valence-electron chi connectivity index (χ4n) is 3.29. The summed E-state index contributed by atoms with van der Waals surface area (Å²) in [6, 6.07) is 0.435. The van der Waals surface area contributed by atoms with Crippen LogP contribution in [-0.4, -0.2) is 42.0 Å². The van der Waals surface area contributed by atoms with Crippen molar-refractivity contribution in [3.8, 4) is 0 Å². The van der Waals surface area contributed by atoms with Crippen LogP contribution in [0.4, 0.5) is 0 Å². The molecule has 1 aliphatic carbocycles. The molecule has 2 aliphatic rings. The largest absolute Gasteiger partial charge is 0.378 e. The Labute approximate surface area is 121 Å². The number of halogens is 1. The lowest BCUT2D eigenvalue weighted by Gasteiger charge is -2.34. The number of carbonyl (C=O) groups is 1. The minimum atomic E-state index is 0.281. The fourth-order valence-corrected chi connectivity index (χ4v) is 3.48. The number of hydrogen-bond donors (Lipinski definition) is 0. The van der Waals surface area contributed by atoms with Gasteiger partial charge >= 0.3 is 0 Å². The number of carbonyl (C=O) groups excluding carboxylic acids is 1. The number of amides is 1. The van der Waals surface area contributed by atoms with Gasteiger partial charge in [-0.05, 0) is 32.1 Å². The van der Waals surface area contributed by atoms with Gasteiger partial charge in [-0.3, -0.25) is 4.79 Å². The smallest absolute Gasteiger partial charge is 0.222 e. The molecule has 1 saturated carbocycles. The molecule has 1 amide bonds. The van der Waals surface area contributed by atoms with Gasteiger partial charge in [0.1, 0.15) is 0 Å². The third kappa shape index (κ3) is 4.64. The standard InChI is InChI=1S/C15H26ClNO2/c16-10-11-17(13-5-2-1-3-6-13)15(18)9-8-14-7-4-12-19-14/h13-14H,1-12H2. The fraction of sp³-hybridized carbons (Fsp3) is 0.933. The quantitative estimate of drug-likeness (QED) is 0.701. The van der Waals surface area contributed by atoms with Gasteiger partial charge in [-0.2, -0.15) is 0 Å². The van der Waals surface area contributed by atoms with Crippen LogP contribution >= 0.6 is 11.6 Å². The highest BCUT2D eigenvalue weighted by molar-refractivity contribution is 6.18. The summed E-state index contributed by atoms with van der Waals surface area (Å²) in [5.74, 6) is 0.824. The lowest BCUT2D eigenvalue weighted by molar-refractivity contribution is -0.134. The zero-order valence-corrected chi connectivity index (χ0v) is 12.5. The van der Waals surface area contributed by atoms with Crippen LogP contribution in [0.25, 0.3) is 0 Å². The first-order chi connectivity index (χ1) is 9.31. The van der Waals surface area contributed by atoms with Gasteiger partial charge in [-0.25, -0.2) is 0 Å². The Morgan fingerprint density at radius 3 is 2.58 bits per heavy atom. The predicted octanol–water partition coefficient (Wildman–Crippen LogP) is 3.35. The van der Waals surface area contributed by atoms with Crippen LogP contribution in [0.15, 0.2) is 0 Å². The first kappa shape index (κ1) is 15.1. The molecule has 19 heavy (non-hydrogen) atoms. The molecule has 2 fully saturated rings. The van der Waals surface area contributed by atoms with Crippen LogP contribution in [0.2, 0.25) is 0 Å². The second-order valence-electron chi connectivity index (χ2n) is 5.74. The van der Waals surface area contributed by atoms with Gasteiger partial charge in [0.2, 0.25) is 5.91 Å². The predicted molar refractivity (Wildman–Crippen MR) is 77.5 cm³/mol. The summed E-state index contributed by atoms with van der Waals surface area (Å²) in [5, 5.41) is 0. The zero-order chi connectivity index (χ0) is 13.5. The molecule has 0 aromatic carbocycles. The van der Waals surface area contributed by atoms with E-state index in [4.69, 9.17) is 16.3 Å². The second kappa shape index (κ2) is 8.11. The zero-order valence-electron chi connectivity index (χ0n) is 11.8. The topological polar surface area (TPSA) is 29.5 Å². The van der Waals surface area contributed by atoms with Crippen LogP contribution in [-0.2, 0) is 9.53 Å². The van der Waals surface area contributed by atoms with E-state index in [9.17, 15) is 4.79 Å². The van der Waals surface area contributed by atoms with Crippen molar-refractivity contribution < 1.29 is 9.53 Å². The first-order valence-electron chi connectivity index (χ1n) is 7.78. The molecule has 1 atom stereocenters. The summed E-state index contributed by atoms with van der Waals surface area (Å²) in [7, 11) is 0. The number of nitrogens with zero attached hydrogens (tertiary/aromatic N) is 1. The molecule has 3 nitrogen and oxygen atoms in total. The van der Waals surface area contributed by atoms with E-state index in [0.29, 0.717) is 31.0 Å². The van der Waals surface area contributed by atoms with Gasteiger partial charge in [0.05, 0.1) is 6.10 Å². The van der Waals surface area contributed by atoms with Crippen LogP contribution < -0.4 is 0 Å². The third-order valence-corrected chi connectivity index (χ3v) is 4.53. The van der Waals surface area contributed by atoms with E-state index in [1.54, 1.807) is 0 Å². The van der Waals surface area contributed by atoms with E-state index in [1.807, 2.05) is 4.90 Å². The minimum Gasteiger partial charge on any atom is -0.378 e. The van der Waals surface area contributed by atoms with Crippen molar-refractivity contribution in [2.45, 2.75) is 69.9 Å². The maximum atomic E-state index is 12.4. The minimum absolute atomic E-state index is 0.281. The van der Waals surface area contributed by atoms with Crippen molar-refractivity contribution in [1.82, 2.24) is 4.90 Å². The molecule has 1 aliphatic heterocycles. The SMILES string of the molecule is O=C(CCC1CCCO1)N(CCCl)C1CCCCC1. The van der Waals surface area contributed by atoms with Crippen LogP contribution in [0, 0.1) is 0 Å². The lowest BCUT2D eigenvalue weighted by atomic mass is 9.94. The van der Waals surface area contributed by atoms with E-state index in [2.05, 4.69) is 0 Å². The maximum Gasteiger partial charge on any atom is 0.222 e. The van der Waals surface area contributed by atoms with Crippen molar-refractivity contribution in [3.05, 3.63) is 0 Å².